The largest absolute Gasteiger partial charge is 0.444 e. The van der Waals surface area contributed by atoms with Crippen molar-refractivity contribution in [2.75, 3.05) is 33.2 Å². The van der Waals surface area contributed by atoms with Crippen LogP contribution in [0.5, 0.6) is 0 Å². The number of hydrogen-bond acceptors (Lipinski definition) is 4. The molecule has 22 heavy (non-hydrogen) atoms. The van der Waals surface area contributed by atoms with Crippen LogP contribution in [0.2, 0.25) is 0 Å². The molecule has 0 radical (unpaired) electrons. The summed E-state index contributed by atoms with van der Waals surface area (Å²) in [6.45, 7) is 13.9. The van der Waals surface area contributed by atoms with Gasteiger partial charge in [0.1, 0.15) is 5.60 Å². The molecule has 1 amide bonds. The fourth-order valence-electron chi connectivity index (χ4n) is 2.47. The Bertz CT molecular complexity index is 339. The zero-order valence-corrected chi connectivity index (χ0v) is 15.3. The van der Waals surface area contributed by atoms with Gasteiger partial charge in [0.05, 0.1) is 0 Å². The predicted octanol–water partition coefficient (Wildman–Crippen LogP) is 2.71. The average molecular weight is 313 g/mol. The lowest BCUT2D eigenvalue weighted by Crippen LogP contribution is -2.38. The number of carbonyl (C=O) groups is 1. The van der Waals surface area contributed by atoms with Gasteiger partial charge in [0.2, 0.25) is 0 Å². The monoisotopic (exact) mass is 313 g/mol. The maximum absolute atomic E-state index is 12.0. The number of rotatable bonds is 7. The van der Waals surface area contributed by atoms with E-state index < -0.39 is 5.60 Å². The van der Waals surface area contributed by atoms with Gasteiger partial charge >= 0.3 is 6.09 Å². The molecule has 1 aliphatic heterocycles. The van der Waals surface area contributed by atoms with E-state index in [0.29, 0.717) is 12.1 Å². The summed E-state index contributed by atoms with van der Waals surface area (Å²) in [6.07, 6.45) is 3.23. The van der Waals surface area contributed by atoms with E-state index in [1.54, 1.807) is 0 Å². The number of nitrogens with one attached hydrogen (secondary N) is 1. The summed E-state index contributed by atoms with van der Waals surface area (Å²) >= 11 is 0. The standard InChI is InChI=1S/C17H35N3O2/c1-14(2)19(6)11-8-7-10-18-15-9-12-20(13-15)16(21)22-17(3,4)5/h14-15,18H,7-13H2,1-6H3. The maximum Gasteiger partial charge on any atom is 0.410 e. The number of unbranched alkanes of at least 4 members (excludes halogenated alkanes) is 1. The van der Waals surface area contributed by atoms with Crippen molar-refractivity contribution < 1.29 is 9.53 Å². The zero-order valence-electron chi connectivity index (χ0n) is 15.3. The summed E-state index contributed by atoms with van der Waals surface area (Å²) in [5.74, 6) is 0. The topological polar surface area (TPSA) is 44.8 Å². The van der Waals surface area contributed by atoms with Crippen LogP contribution in [0, 0.1) is 0 Å². The number of amides is 1. The molecule has 0 saturated carbocycles. The lowest BCUT2D eigenvalue weighted by molar-refractivity contribution is 0.0291. The Morgan fingerprint density at radius 1 is 1.36 bits per heavy atom. The number of carbonyl (C=O) groups excluding carboxylic acids is 1. The molecule has 1 atom stereocenters. The smallest absolute Gasteiger partial charge is 0.410 e. The molecule has 5 nitrogen and oxygen atoms in total. The summed E-state index contributed by atoms with van der Waals surface area (Å²) < 4.78 is 5.42. The van der Waals surface area contributed by atoms with E-state index in [1.165, 1.54) is 12.8 Å². The van der Waals surface area contributed by atoms with Crippen molar-refractivity contribution in [3.63, 3.8) is 0 Å². The Balaban J connectivity index is 2.13. The van der Waals surface area contributed by atoms with Gasteiger partial charge in [-0.1, -0.05) is 0 Å². The minimum absolute atomic E-state index is 0.185. The van der Waals surface area contributed by atoms with E-state index in [1.807, 2.05) is 25.7 Å². The van der Waals surface area contributed by atoms with E-state index >= 15 is 0 Å². The molecule has 130 valence electrons. The van der Waals surface area contributed by atoms with Crippen LogP contribution in [0.4, 0.5) is 4.79 Å². The third-order valence-corrected chi connectivity index (χ3v) is 4.09. The normalized spacial score (nSPS) is 19.3. The number of likely N-dealkylation sites (tertiary alicyclic amines) is 1. The SMILES string of the molecule is CC(C)N(C)CCCCNC1CCN(C(=O)OC(C)(C)C)C1. The summed E-state index contributed by atoms with van der Waals surface area (Å²) in [4.78, 5) is 16.2. The van der Waals surface area contributed by atoms with Gasteiger partial charge in [-0.15, -0.1) is 0 Å². The highest BCUT2D eigenvalue weighted by Crippen LogP contribution is 2.15. The van der Waals surface area contributed by atoms with Crippen molar-refractivity contribution >= 4 is 6.09 Å². The minimum Gasteiger partial charge on any atom is -0.444 e. The lowest BCUT2D eigenvalue weighted by atomic mass is 10.2. The maximum atomic E-state index is 12.0. The molecule has 0 spiro atoms. The second-order valence-electron chi connectivity index (χ2n) is 7.65. The molecule has 0 aliphatic carbocycles. The van der Waals surface area contributed by atoms with Gasteiger partial charge in [0.25, 0.3) is 0 Å². The van der Waals surface area contributed by atoms with Crippen LogP contribution in [0.25, 0.3) is 0 Å². The van der Waals surface area contributed by atoms with E-state index in [0.717, 1.165) is 32.6 Å². The third-order valence-electron chi connectivity index (χ3n) is 4.09. The highest BCUT2D eigenvalue weighted by molar-refractivity contribution is 5.68. The number of ether oxygens (including phenoxy) is 1. The summed E-state index contributed by atoms with van der Waals surface area (Å²) in [5, 5.41) is 3.56. The highest BCUT2D eigenvalue weighted by Gasteiger charge is 2.29. The summed E-state index contributed by atoms with van der Waals surface area (Å²) in [7, 11) is 2.17. The fraction of sp³-hybridized carbons (Fsp3) is 0.941. The molecule has 1 saturated heterocycles. The Hall–Kier alpha value is -0.810. The molecular weight excluding hydrogens is 278 g/mol. The van der Waals surface area contributed by atoms with Gasteiger partial charge in [0, 0.05) is 25.2 Å². The average Bonchev–Trinajstić information content (AvgIpc) is 2.84. The first-order chi connectivity index (χ1) is 10.2. The van der Waals surface area contributed by atoms with E-state index in [4.69, 9.17) is 4.74 Å². The molecule has 1 N–H and O–H groups in total. The van der Waals surface area contributed by atoms with Crippen molar-refractivity contribution in [1.29, 1.82) is 0 Å². The Morgan fingerprint density at radius 2 is 2.05 bits per heavy atom. The van der Waals surface area contributed by atoms with Crippen LogP contribution < -0.4 is 5.32 Å². The molecule has 1 fully saturated rings. The van der Waals surface area contributed by atoms with Gasteiger partial charge in [-0.2, -0.15) is 0 Å². The van der Waals surface area contributed by atoms with Gasteiger partial charge in [-0.25, -0.2) is 4.79 Å². The minimum atomic E-state index is -0.412. The molecule has 1 unspecified atom stereocenters. The molecular formula is C17H35N3O2. The first-order valence-corrected chi connectivity index (χ1v) is 8.60. The van der Waals surface area contributed by atoms with Crippen molar-refractivity contribution in [3.05, 3.63) is 0 Å². The van der Waals surface area contributed by atoms with Crippen molar-refractivity contribution in [2.24, 2.45) is 0 Å². The summed E-state index contributed by atoms with van der Waals surface area (Å²) in [5.41, 5.74) is -0.412. The molecule has 0 aromatic heterocycles. The van der Waals surface area contributed by atoms with Gasteiger partial charge < -0.3 is 19.9 Å². The number of hydrogen-bond donors (Lipinski definition) is 1. The summed E-state index contributed by atoms with van der Waals surface area (Å²) in [6, 6.07) is 1.03. The third kappa shape index (κ3) is 7.45. The lowest BCUT2D eigenvalue weighted by Gasteiger charge is -2.24. The van der Waals surface area contributed by atoms with Crippen LogP contribution in [-0.4, -0.2) is 66.8 Å². The van der Waals surface area contributed by atoms with Gasteiger partial charge in [-0.05, 0) is 74.0 Å². The molecule has 0 aromatic rings. The predicted molar refractivity (Wildman–Crippen MR) is 91.2 cm³/mol. The fourth-order valence-corrected chi connectivity index (χ4v) is 2.47. The first kappa shape index (κ1) is 19.2. The molecule has 5 heteroatoms. The van der Waals surface area contributed by atoms with Crippen molar-refractivity contribution in [3.8, 4) is 0 Å². The van der Waals surface area contributed by atoms with Crippen molar-refractivity contribution in [1.82, 2.24) is 15.1 Å². The molecule has 0 aromatic carbocycles. The number of nitrogens with zero attached hydrogens (tertiary/aromatic N) is 2. The Morgan fingerprint density at radius 3 is 2.64 bits per heavy atom. The van der Waals surface area contributed by atoms with E-state index in [2.05, 4.69) is 31.1 Å². The van der Waals surface area contributed by atoms with Crippen molar-refractivity contribution in [2.45, 2.75) is 71.6 Å². The quantitative estimate of drug-likeness (QED) is 0.734. The Kier molecular flexibility index (Phi) is 7.63. The molecule has 1 rings (SSSR count). The van der Waals surface area contributed by atoms with Gasteiger partial charge in [0.15, 0.2) is 0 Å². The van der Waals surface area contributed by atoms with E-state index in [-0.39, 0.29) is 6.09 Å². The zero-order chi connectivity index (χ0) is 16.8. The second-order valence-corrected chi connectivity index (χ2v) is 7.65. The van der Waals surface area contributed by atoms with Gasteiger partial charge in [-0.3, -0.25) is 0 Å². The molecule has 1 aliphatic rings. The van der Waals surface area contributed by atoms with Crippen LogP contribution in [0.15, 0.2) is 0 Å². The molecule has 1 heterocycles. The van der Waals surface area contributed by atoms with Crippen LogP contribution in [0.1, 0.15) is 53.9 Å². The van der Waals surface area contributed by atoms with E-state index in [9.17, 15) is 4.79 Å². The first-order valence-electron chi connectivity index (χ1n) is 8.60. The molecule has 0 bridgehead atoms. The second kappa shape index (κ2) is 8.73. The van der Waals surface area contributed by atoms with Crippen LogP contribution in [-0.2, 0) is 4.74 Å². The van der Waals surface area contributed by atoms with Crippen LogP contribution >= 0.6 is 0 Å². The Labute approximate surface area is 136 Å². The highest BCUT2D eigenvalue weighted by atomic mass is 16.6. The van der Waals surface area contributed by atoms with Crippen LogP contribution in [0.3, 0.4) is 0 Å².